The van der Waals surface area contributed by atoms with Crippen LogP contribution in [0.2, 0.25) is 0 Å². The third-order valence-electron chi connectivity index (χ3n) is 6.60. The monoisotopic (exact) mass is 458 g/mol. The first-order valence-corrected chi connectivity index (χ1v) is 11.4. The highest BCUT2D eigenvalue weighted by atomic mass is 19.1. The number of nitrogens with zero attached hydrogens (tertiary/aromatic N) is 2. The molecule has 0 saturated carbocycles. The Morgan fingerprint density at radius 2 is 1.74 bits per heavy atom. The number of benzene rings is 3. The molecule has 1 aliphatic rings. The lowest BCUT2D eigenvalue weighted by atomic mass is 9.73. The highest BCUT2D eigenvalue weighted by Crippen LogP contribution is 2.36. The summed E-state index contributed by atoms with van der Waals surface area (Å²) in [5.74, 6) is -0.307. The summed E-state index contributed by atoms with van der Waals surface area (Å²) < 4.78 is 20.4. The zero-order valence-corrected chi connectivity index (χ0v) is 18.9. The first-order chi connectivity index (χ1) is 16.5. The molecule has 6 heteroatoms. The Morgan fingerprint density at radius 3 is 2.38 bits per heavy atom. The fraction of sp³-hybridized carbons (Fsp3) is 0.286. The molecule has 3 aromatic carbocycles. The maximum absolute atomic E-state index is 14.3. The molecule has 0 unspecified atom stereocenters. The predicted molar refractivity (Wildman–Crippen MR) is 128 cm³/mol. The average molecular weight is 459 g/mol. The van der Waals surface area contributed by atoms with Gasteiger partial charge in [-0.05, 0) is 65.8 Å². The van der Waals surface area contributed by atoms with E-state index in [1.165, 1.54) is 17.0 Å². The molecule has 1 amide bonds. The van der Waals surface area contributed by atoms with Crippen LogP contribution in [-0.2, 0) is 16.6 Å². The quantitative estimate of drug-likeness (QED) is 0.466. The van der Waals surface area contributed by atoms with Gasteiger partial charge >= 0.3 is 6.09 Å². The van der Waals surface area contributed by atoms with Gasteiger partial charge in [0, 0.05) is 18.5 Å². The van der Waals surface area contributed by atoms with Gasteiger partial charge < -0.3 is 14.7 Å². The number of halogens is 1. The van der Waals surface area contributed by atoms with Gasteiger partial charge in [0.15, 0.2) is 0 Å². The Hall–Kier alpha value is -3.69. The molecule has 1 aliphatic heterocycles. The van der Waals surface area contributed by atoms with E-state index in [9.17, 15) is 14.3 Å². The molecule has 4 rings (SSSR count). The zero-order chi connectivity index (χ0) is 24.0. The van der Waals surface area contributed by atoms with Gasteiger partial charge in [-0.3, -0.25) is 0 Å². The molecular weight excluding hydrogens is 431 g/mol. The number of piperidine rings is 1. The normalized spacial score (nSPS) is 15.0. The van der Waals surface area contributed by atoms with Gasteiger partial charge in [0.25, 0.3) is 0 Å². The van der Waals surface area contributed by atoms with Crippen molar-refractivity contribution in [3.05, 3.63) is 95.3 Å². The molecule has 5 nitrogen and oxygen atoms in total. The Kier molecular flexibility index (Phi) is 7.24. The smallest absolute Gasteiger partial charge is 0.407 e. The molecule has 34 heavy (non-hydrogen) atoms. The van der Waals surface area contributed by atoms with E-state index in [2.05, 4.69) is 18.2 Å². The van der Waals surface area contributed by atoms with Crippen molar-refractivity contribution in [3.8, 4) is 17.2 Å². The van der Waals surface area contributed by atoms with E-state index in [1.54, 1.807) is 12.1 Å². The lowest BCUT2D eigenvalue weighted by Crippen LogP contribution is -2.47. The van der Waals surface area contributed by atoms with Gasteiger partial charge in [-0.15, -0.1) is 0 Å². The van der Waals surface area contributed by atoms with Crippen molar-refractivity contribution < 1.29 is 19.0 Å². The van der Waals surface area contributed by atoms with Gasteiger partial charge in [0.2, 0.25) is 0 Å². The summed E-state index contributed by atoms with van der Waals surface area (Å²) in [4.78, 5) is 12.8. The molecule has 0 atom stereocenters. The van der Waals surface area contributed by atoms with Crippen LogP contribution >= 0.6 is 0 Å². The SMILES string of the molecule is N#Cc1ccc(-c2cc(F)cc(CCOCC3(c4ccccc4)CCN(C(=O)O)CC3)c2)cc1. The zero-order valence-electron chi connectivity index (χ0n) is 18.9. The van der Waals surface area contributed by atoms with E-state index in [0.29, 0.717) is 51.1 Å². The molecule has 3 aromatic rings. The van der Waals surface area contributed by atoms with E-state index < -0.39 is 6.09 Å². The number of hydrogen-bond acceptors (Lipinski definition) is 3. The van der Waals surface area contributed by atoms with Crippen LogP contribution < -0.4 is 0 Å². The number of carbonyl (C=O) groups is 1. The van der Waals surface area contributed by atoms with E-state index in [4.69, 9.17) is 10.00 Å². The minimum Gasteiger partial charge on any atom is -0.465 e. The molecule has 174 valence electrons. The molecule has 0 aromatic heterocycles. The minimum atomic E-state index is -0.883. The lowest BCUT2D eigenvalue weighted by Gasteiger charge is -2.41. The summed E-state index contributed by atoms with van der Waals surface area (Å²) in [6.07, 6.45) is 1.08. The first kappa shape index (κ1) is 23.5. The third kappa shape index (κ3) is 5.44. The van der Waals surface area contributed by atoms with Gasteiger partial charge in [0.1, 0.15) is 5.82 Å². The molecule has 1 fully saturated rings. The standard InChI is InChI=1S/C28H27FN2O3/c29-26-17-22(16-24(18-26)23-8-6-21(19-30)7-9-23)10-15-34-20-28(25-4-2-1-3-5-25)11-13-31(14-12-28)27(32)33/h1-9,16-18H,10-15,20H2,(H,32,33). The van der Waals surface area contributed by atoms with Crippen molar-refractivity contribution in [2.24, 2.45) is 0 Å². The molecule has 1 saturated heterocycles. The van der Waals surface area contributed by atoms with Gasteiger partial charge in [-0.2, -0.15) is 5.26 Å². The topological polar surface area (TPSA) is 73.6 Å². The van der Waals surface area contributed by atoms with Crippen LogP contribution in [0, 0.1) is 17.1 Å². The Balaban J connectivity index is 1.41. The van der Waals surface area contributed by atoms with E-state index in [-0.39, 0.29) is 11.2 Å². The maximum Gasteiger partial charge on any atom is 0.407 e. The van der Waals surface area contributed by atoms with Gasteiger partial charge in [-0.1, -0.05) is 48.5 Å². The van der Waals surface area contributed by atoms with Crippen LogP contribution in [-0.4, -0.2) is 42.4 Å². The van der Waals surface area contributed by atoms with Crippen LogP contribution in [0.3, 0.4) is 0 Å². The molecule has 0 aliphatic carbocycles. The summed E-state index contributed by atoms with van der Waals surface area (Å²) in [6, 6.07) is 24.3. The van der Waals surface area contributed by atoms with Crippen LogP contribution in [0.25, 0.3) is 11.1 Å². The number of likely N-dealkylation sites (tertiary alicyclic amines) is 1. The molecular formula is C28H27FN2O3. The molecule has 1 N–H and O–H groups in total. The summed E-state index contributed by atoms with van der Waals surface area (Å²) in [7, 11) is 0. The Bertz CT molecular complexity index is 1160. The van der Waals surface area contributed by atoms with Crippen LogP contribution in [0.4, 0.5) is 9.18 Å². The fourth-order valence-corrected chi connectivity index (χ4v) is 4.59. The number of nitriles is 1. The van der Waals surface area contributed by atoms with Crippen LogP contribution in [0.1, 0.15) is 29.5 Å². The largest absolute Gasteiger partial charge is 0.465 e. The highest BCUT2D eigenvalue weighted by molar-refractivity contribution is 5.65. The second-order valence-corrected chi connectivity index (χ2v) is 8.76. The maximum atomic E-state index is 14.3. The first-order valence-electron chi connectivity index (χ1n) is 11.4. The second kappa shape index (κ2) is 10.5. The number of hydrogen-bond donors (Lipinski definition) is 1. The van der Waals surface area contributed by atoms with E-state index >= 15 is 0 Å². The van der Waals surface area contributed by atoms with Crippen molar-refractivity contribution >= 4 is 6.09 Å². The van der Waals surface area contributed by atoms with E-state index in [1.807, 2.05) is 36.4 Å². The van der Waals surface area contributed by atoms with Crippen molar-refractivity contribution in [2.45, 2.75) is 24.7 Å². The summed E-state index contributed by atoms with van der Waals surface area (Å²) in [6.45, 7) is 1.88. The van der Waals surface area contributed by atoms with Crippen LogP contribution in [0.5, 0.6) is 0 Å². The summed E-state index contributed by atoms with van der Waals surface area (Å²) in [5, 5.41) is 18.3. The number of carboxylic acid groups (broad SMARTS) is 1. The fourth-order valence-electron chi connectivity index (χ4n) is 4.59. The number of amides is 1. The lowest BCUT2D eigenvalue weighted by molar-refractivity contribution is 0.0460. The predicted octanol–water partition coefficient (Wildman–Crippen LogP) is 5.64. The van der Waals surface area contributed by atoms with Crippen molar-refractivity contribution in [2.75, 3.05) is 26.3 Å². The number of ether oxygens (including phenoxy) is 1. The Labute approximate surface area is 199 Å². The van der Waals surface area contributed by atoms with Gasteiger partial charge in [-0.25, -0.2) is 9.18 Å². The summed E-state index contributed by atoms with van der Waals surface area (Å²) in [5.41, 5.74) is 3.95. The number of rotatable bonds is 7. The molecule has 0 spiro atoms. The van der Waals surface area contributed by atoms with Crippen molar-refractivity contribution in [1.29, 1.82) is 5.26 Å². The molecule has 0 bridgehead atoms. The Morgan fingerprint density at radius 1 is 1.03 bits per heavy atom. The molecule has 1 heterocycles. The average Bonchev–Trinajstić information content (AvgIpc) is 2.87. The van der Waals surface area contributed by atoms with Gasteiger partial charge in [0.05, 0.1) is 24.8 Å². The summed E-state index contributed by atoms with van der Waals surface area (Å²) >= 11 is 0. The minimum absolute atomic E-state index is 0.233. The highest BCUT2D eigenvalue weighted by Gasteiger charge is 2.37. The van der Waals surface area contributed by atoms with Crippen molar-refractivity contribution in [1.82, 2.24) is 4.90 Å². The third-order valence-corrected chi connectivity index (χ3v) is 6.60. The van der Waals surface area contributed by atoms with Crippen LogP contribution in [0.15, 0.2) is 72.8 Å². The molecule has 0 radical (unpaired) electrons. The second-order valence-electron chi connectivity index (χ2n) is 8.76. The van der Waals surface area contributed by atoms with Crippen molar-refractivity contribution in [3.63, 3.8) is 0 Å². The van der Waals surface area contributed by atoms with E-state index in [0.717, 1.165) is 22.3 Å².